The van der Waals surface area contributed by atoms with Crippen LogP contribution < -0.4 is 5.73 Å². The lowest BCUT2D eigenvalue weighted by Gasteiger charge is -2.24. The minimum absolute atomic E-state index is 0.323. The molecule has 100 valence electrons. The Morgan fingerprint density at radius 2 is 2.12 bits per heavy atom. The Labute approximate surface area is 105 Å². The van der Waals surface area contributed by atoms with E-state index in [1.165, 1.54) is 25.7 Å². The molecule has 3 nitrogen and oxygen atoms in total. The molecule has 0 amide bonds. The zero-order valence-corrected chi connectivity index (χ0v) is 11.1. The van der Waals surface area contributed by atoms with Crippen LogP contribution in [0.1, 0.15) is 51.9 Å². The standard InChI is InChI=1S/C14H27NO2/c1-2-14-12(8-10-17-14)13(15)7-3-5-11-6-4-9-16-11/h11-14H,2-10,15H2,1H3. The van der Waals surface area contributed by atoms with Gasteiger partial charge in [0.1, 0.15) is 0 Å². The summed E-state index contributed by atoms with van der Waals surface area (Å²) in [5.74, 6) is 0.587. The maximum atomic E-state index is 6.31. The van der Waals surface area contributed by atoms with Crippen LogP contribution >= 0.6 is 0 Å². The van der Waals surface area contributed by atoms with E-state index in [9.17, 15) is 0 Å². The quantitative estimate of drug-likeness (QED) is 0.777. The first-order valence-electron chi connectivity index (χ1n) is 7.30. The molecule has 2 N–H and O–H groups in total. The van der Waals surface area contributed by atoms with Gasteiger partial charge in [-0.1, -0.05) is 6.92 Å². The fourth-order valence-electron chi connectivity index (χ4n) is 3.24. The molecule has 2 heterocycles. The average molecular weight is 241 g/mol. The van der Waals surface area contributed by atoms with E-state index >= 15 is 0 Å². The summed E-state index contributed by atoms with van der Waals surface area (Å²) < 4.78 is 11.3. The summed E-state index contributed by atoms with van der Waals surface area (Å²) in [7, 11) is 0. The predicted octanol–water partition coefficient (Wildman–Crippen LogP) is 2.48. The molecule has 0 aromatic rings. The van der Waals surface area contributed by atoms with Gasteiger partial charge in [-0.25, -0.2) is 0 Å². The lowest BCUT2D eigenvalue weighted by Crippen LogP contribution is -2.35. The second-order valence-electron chi connectivity index (χ2n) is 5.50. The first kappa shape index (κ1) is 13.3. The third-order valence-corrected chi connectivity index (χ3v) is 4.30. The monoisotopic (exact) mass is 241 g/mol. The van der Waals surface area contributed by atoms with E-state index in [2.05, 4.69) is 6.92 Å². The van der Waals surface area contributed by atoms with Crippen molar-refractivity contribution in [1.82, 2.24) is 0 Å². The van der Waals surface area contributed by atoms with Crippen molar-refractivity contribution >= 4 is 0 Å². The number of nitrogens with two attached hydrogens (primary N) is 1. The molecule has 0 aromatic heterocycles. The van der Waals surface area contributed by atoms with Gasteiger partial charge in [0, 0.05) is 25.2 Å². The molecule has 3 heteroatoms. The summed E-state index contributed by atoms with van der Waals surface area (Å²) in [6.45, 7) is 4.07. The highest BCUT2D eigenvalue weighted by Gasteiger charge is 2.31. The molecular weight excluding hydrogens is 214 g/mol. The molecule has 4 unspecified atom stereocenters. The second-order valence-corrected chi connectivity index (χ2v) is 5.50. The molecule has 2 saturated heterocycles. The smallest absolute Gasteiger partial charge is 0.0616 e. The van der Waals surface area contributed by atoms with Crippen molar-refractivity contribution in [2.24, 2.45) is 11.7 Å². The lowest BCUT2D eigenvalue weighted by molar-refractivity contribution is 0.0782. The van der Waals surface area contributed by atoms with Gasteiger partial charge in [-0.3, -0.25) is 0 Å². The molecule has 2 aliphatic rings. The third-order valence-electron chi connectivity index (χ3n) is 4.30. The topological polar surface area (TPSA) is 44.5 Å². The number of hydrogen-bond acceptors (Lipinski definition) is 3. The van der Waals surface area contributed by atoms with Crippen LogP contribution in [0.4, 0.5) is 0 Å². The van der Waals surface area contributed by atoms with E-state index in [-0.39, 0.29) is 0 Å². The van der Waals surface area contributed by atoms with E-state index in [1.807, 2.05) is 0 Å². The van der Waals surface area contributed by atoms with Gasteiger partial charge in [0.05, 0.1) is 12.2 Å². The van der Waals surface area contributed by atoms with E-state index in [0.29, 0.717) is 24.2 Å². The van der Waals surface area contributed by atoms with Crippen molar-refractivity contribution in [2.75, 3.05) is 13.2 Å². The van der Waals surface area contributed by atoms with Crippen molar-refractivity contribution in [1.29, 1.82) is 0 Å². The van der Waals surface area contributed by atoms with Crippen LogP contribution in [0.2, 0.25) is 0 Å². The Morgan fingerprint density at radius 3 is 2.82 bits per heavy atom. The molecule has 0 spiro atoms. The SMILES string of the molecule is CCC1OCCC1C(N)CCCC1CCCO1. The molecule has 0 saturated carbocycles. The highest BCUT2D eigenvalue weighted by atomic mass is 16.5. The van der Waals surface area contributed by atoms with Crippen LogP contribution in [0, 0.1) is 5.92 Å². The van der Waals surface area contributed by atoms with Crippen molar-refractivity contribution in [3.8, 4) is 0 Å². The summed E-state index contributed by atoms with van der Waals surface area (Å²) in [6, 6.07) is 0.323. The van der Waals surface area contributed by atoms with Crippen LogP contribution in [-0.2, 0) is 9.47 Å². The Hall–Kier alpha value is -0.120. The highest BCUT2D eigenvalue weighted by molar-refractivity contribution is 4.84. The van der Waals surface area contributed by atoms with Crippen LogP contribution in [0.15, 0.2) is 0 Å². The van der Waals surface area contributed by atoms with E-state index in [1.54, 1.807) is 0 Å². The molecule has 0 bridgehead atoms. The predicted molar refractivity (Wildman–Crippen MR) is 68.9 cm³/mol. The van der Waals surface area contributed by atoms with E-state index in [0.717, 1.165) is 32.5 Å². The molecule has 17 heavy (non-hydrogen) atoms. The van der Waals surface area contributed by atoms with Crippen molar-refractivity contribution in [3.05, 3.63) is 0 Å². The molecule has 2 rings (SSSR count). The van der Waals surface area contributed by atoms with Crippen molar-refractivity contribution in [2.45, 2.75) is 70.1 Å². The molecule has 0 radical (unpaired) electrons. The first-order chi connectivity index (χ1) is 8.31. The van der Waals surface area contributed by atoms with Gasteiger partial charge in [-0.2, -0.15) is 0 Å². The van der Waals surface area contributed by atoms with Gasteiger partial charge >= 0.3 is 0 Å². The van der Waals surface area contributed by atoms with Crippen LogP contribution in [0.25, 0.3) is 0 Å². The van der Waals surface area contributed by atoms with Gasteiger partial charge in [-0.15, -0.1) is 0 Å². The highest BCUT2D eigenvalue weighted by Crippen LogP contribution is 2.28. The minimum atomic E-state index is 0.323. The van der Waals surface area contributed by atoms with Crippen LogP contribution in [0.3, 0.4) is 0 Å². The minimum Gasteiger partial charge on any atom is -0.378 e. The van der Waals surface area contributed by atoms with Gasteiger partial charge in [0.25, 0.3) is 0 Å². The Morgan fingerprint density at radius 1 is 1.24 bits per heavy atom. The van der Waals surface area contributed by atoms with Crippen molar-refractivity contribution in [3.63, 3.8) is 0 Å². The normalized spacial score (nSPS) is 35.3. The molecular formula is C14H27NO2. The largest absolute Gasteiger partial charge is 0.378 e. The molecule has 2 aliphatic heterocycles. The average Bonchev–Trinajstić information content (AvgIpc) is 2.99. The zero-order valence-electron chi connectivity index (χ0n) is 11.1. The Bertz CT molecular complexity index is 216. The number of rotatable bonds is 6. The summed E-state index contributed by atoms with van der Waals surface area (Å²) in [4.78, 5) is 0. The third kappa shape index (κ3) is 3.67. The van der Waals surface area contributed by atoms with E-state index in [4.69, 9.17) is 15.2 Å². The summed E-state index contributed by atoms with van der Waals surface area (Å²) in [5, 5.41) is 0. The molecule has 2 fully saturated rings. The Kier molecular flexibility index (Phi) is 5.26. The van der Waals surface area contributed by atoms with Gasteiger partial charge < -0.3 is 15.2 Å². The maximum Gasteiger partial charge on any atom is 0.0616 e. The second kappa shape index (κ2) is 6.72. The Balaban J connectivity index is 1.64. The van der Waals surface area contributed by atoms with E-state index < -0.39 is 0 Å². The molecule has 0 aliphatic carbocycles. The molecule has 0 aromatic carbocycles. The molecule has 4 atom stereocenters. The zero-order chi connectivity index (χ0) is 12.1. The van der Waals surface area contributed by atoms with Crippen LogP contribution in [0.5, 0.6) is 0 Å². The number of ether oxygens (including phenoxy) is 2. The number of hydrogen-bond donors (Lipinski definition) is 1. The van der Waals surface area contributed by atoms with Gasteiger partial charge in [0.15, 0.2) is 0 Å². The van der Waals surface area contributed by atoms with Gasteiger partial charge in [-0.05, 0) is 44.9 Å². The summed E-state index contributed by atoms with van der Waals surface area (Å²) >= 11 is 0. The van der Waals surface area contributed by atoms with Crippen LogP contribution in [-0.4, -0.2) is 31.5 Å². The fourth-order valence-corrected chi connectivity index (χ4v) is 3.24. The fraction of sp³-hybridized carbons (Fsp3) is 1.00. The van der Waals surface area contributed by atoms with Gasteiger partial charge in [0.2, 0.25) is 0 Å². The first-order valence-corrected chi connectivity index (χ1v) is 7.30. The lowest BCUT2D eigenvalue weighted by atomic mass is 9.88. The summed E-state index contributed by atoms with van der Waals surface area (Å²) in [5.41, 5.74) is 6.31. The summed E-state index contributed by atoms with van der Waals surface area (Å²) in [6.07, 6.45) is 9.20. The van der Waals surface area contributed by atoms with Crippen molar-refractivity contribution < 1.29 is 9.47 Å². The maximum absolute atomic E-state index is 6.31.